The van der Waals surface area contributed by atoms with Crippen molar-refractivity contribution in [1.82, 2.24) is 15.1 Å². The van der Waals surface area contributed by atoms with Gasteiger partial charge >= 0.3 is 0 Å². The van der Waals surface area contributed by atoms with E-state index in [1.807, 2.05) is 46.9 Å². The molecule has 1 N–H and O–H groups in total. The molecular formula is C20H50N8Ti-4. The van der Waals surface area contributed by atoms with E-state index in [1.165, 1.54) is 0 Å². The third-order valence-electron chi connectivity index (χ3n) is 2.38. The van der Waals surface area contributed by atoms with Gasteiger partial charge in [0.1, 0.15) is 0 Å². The second kappa shape index (κ2) is 27.8. The maximum Gasteiger partial charge on any atom is 0.00859 e. The van der Waals surface area contributed by atoms with E-state index in [9.17, 15) is 0 Å². The van der Waals surface area contributed by atoms with Crippen LogP contribution in [0.4, 0.5) is 0 Å². The van der Waals surface area contributed by atoms with Crippen molar-refractivity contribution in [3.8, 4) is 0 Å². The summed E-state index contributed by atoms with van der Waals surface area (Å²) in [5.41, 5.74) is 0. The number of aliphatic imine (C=N–C) groups is 1. The Bertz CT molecular complexity index is 310. The first-order valence-electron chi connectivity index (χ1n) is 9.77. The molecule has 0 saturated heterocycles. The number of guanidine groups is 1. The number of hydrogen-bond donors (Lipinski definition) is 1. The quantitative estimate of drug-likeness (QED) is 0.285. The molecule has 0 heterocycles. The van der Waals surface area contributed by atoms with E-state index >= 15 is 0 Å². The maximum atomic E-state index is 4.53. The summed E-state index contributed by atoms with van der Waals surface area (Å²) in [6, 6.07) is 1.17. The molecule has 9 heteroatoms. The van der Waals surface area contributed by atoms with Gasteiger partial charge in [-0.25, -0.2) is 0 Å². The summed E-state index contributed by atoms with van der Waals surface area (Å²) in [4.78, 5) is 8.26. The second-order valence-electron chi connectivity index (χ2n) is 7.44. The summed E-state index contributed by atoms with van der Waals surface area (Å²) in [6.07, 6.45) is 0.144. The predicted molar refractivity (Wildman–Crippen MR) is 130 cm³/mol. The molecule has 29 heavy (non-hydrogen) atoms. The third-order valence-corrected chi connectivity index (χ3v) is 2.38. The Labute approximate surface area is 198 Å². The topological polar surface area (TPSA) is 87.3 Å². The van der Waals surface area contributed by atoms with E-state index in [1.54, 1.807) is 35.2 Å². The molecule has 1 atom stereocenters. The molecule has 0 aliphatic carbocycles. The van der Waals surface area contributed by atoms with Gasteiger partial charge in [0.05, 0.1) is 0 Å². The Morgan fingerprint density at radius 2 is 1.17 bits per heavy atom. The van der Waals surface area contributed by atoms with Crippen LogP contribution < -0.4 is 5.32 Å². The summed E-state index contributed by atoms with van der Waals surface area (Å²) in [5.74, 6) is 0.801. The number of nitrogens with one attached hydrogen (secondary N) is 1. The van der Waals surface area contributed by atoms with E-state index in [0.29, 0.717) is 18.1 Å². The maximum absolute atomic E-state index is 4.53. The fourth-order valence-corrected chi connectivity index (χ4v) is 1.51. The molecule has 0 aliphatic rings. The molecule has 178 valence electrons. The molecule has 0 aromatic rings. The molecule has 0 bridgehead atoms. The van der Waals surface area contributed by atoms with Crippen LogP contribution in [0.15, 0.2) is 4.99 Å². The minimum Gasteiger partial charge on any atom is -0.668 e. The van der Waals surface area contributed by atoms with Gasteiger partial charge in [-0.3, -0.25) is 0 Å². The normalized spacial score (nSPS) is 11.5. The standard InChI is InChI=1S/C9H22N3.C7H16N3.2C2H6N.Ti/c1-7(2)10-9(12(5)6)11-8(3)4;1-6(2)9-7(8-3)10(4)5;2*1-3-2;/h7-10H,1-6H3;6H,1-5H3;2*1-2H3;/q4*-1;. The molecule has 1 unspecified atom stereocenters. The smallest absolute Gasteiger partial charge is 0.00859 e. The van der Waals surface area contributed by atoms with Crippen molar-refractivity contribution in [2.75, 3.05) is 63.4 Å². The van der Waals surface area contributed by atoms with Crippen LogP contribution in [0.1, 0.15) is 41.5 Å². The Morgan fingerprint density at radius 3 is 1.31 bits per heavy atom. The molecule has 0 radical (unpaired) electrons. The average Bonchev–Trinajstić information content (AvgIpc) is 2.52. The Kier molecular flexibility index (Phi) is 37.6. The van der Waals surface area contributed by atoms with Crippen LogP contribution in [0.5, 0.6) is 0 Å². The summed E-state index contributed by atoms with van der Waals surface area (Å²) >= 11 is 0. The second-order valence-corrected chi connectivity index (χ2v) is 7.44. The summed E-state index contributed by atoms with van der Waals surface area (Å²) in [5, 5.41) is 18.9. The fraction of sp³-hybridized carbons (Fsp3) is 0.950. The molecule has 0 aromatic carbocycles. The van der Waals surface area contributed by atoms with Crippen LogP contribution >= 0.6 is 0 Å². The van der Waals surface area contributed by atoms with Gasteiger partial charge in [0.25, 0.3) is 0 Å². The van der Waals surface area contributed by atoms with E-state index in [4.69, 9.17) is 0 Å². The van der Waals surface area contributed by atoms with Gasteiger partial charge in [-0.1, -0.05) is 41.5 Å². The van der Waals surface area contributed by atoms with Crippen molar-refractivity contribution in [2.24, 2.45) is 4.99 Å². The van der Waals surface area contributed by atoms with Gasteiger partial charge in [-0.05, 0) is 47.6 Å². The van der Waals surface area contributed by atoms with Gasteiger partial charge in [-0.15, -0.1) is 6.04 Å². The monoisotopic (exact) mass is 450 g/mol. The van der Waals surface area contributed by atoms with Crippen LogP contribution in [0, 0.1) is 0 Å². The number of rotatable bonds is 6. The van der Waals surface area contributed by atoms with Crippen molar-refractivity contribution >= 4 is 5.96 Å². The molecular weight excluding hydrogens is 400 g/mol. The van der Waals surface area contributed by atoms with E-state index < -0.39 is 0 Å². The largest absolute Gasteiger partial charge is 0.668 e. The molecule has 8 nitrogen and oxygen atoms in total. The molecule has 0 rings (SSSR count). The van der Waals surface area contributed by atoms with Gasteiger partial charge < -0.3 is 41.4 Å². The zero-order valence-corrected chi connectivity index (χ0v) is 23.5. The van der Waals surface area contributed by atoms with E-state index in [-0.39, 0.29) is 28.0 Å². The van der Waals surface area contributed by atoms with E-state index in [2.05, 4.69) is 64.2 Å². The van der Waals surface area contributed by atoms with Crippen molar-refractivity contribution in [2.45, 2.75) is 66.0 Å². The van der Waals surface area contributed by atoms with E-state index in [0.717, 1.165) is 5.96 Å². The van der Waals surface area contributed by atoms with Crippen LogP contribution in [0.2, 0.25) is 0 Å². The molecule has 0 aliphatic heterocycles. The van der Waals surface area contributed by atoms with Gasteiger partial charge in [0.15, 0.2) is 0 Å². The van der Waals surface area contributed by atoms with Crippen molar-refractivity contribution in [3.63, 3.8) is 0 Å². The minimum atomic E-state index is 0. The third kappa shape index (κ3) is 38.9. The van der Waals surface area contributed by atoms with Crippen LogP contribution in [-0.2, 0) is 21.7 Å². The summed E-state index contributed by atoms with van der Waals surface area (Å²) < 4.78 is 0. The number of nitrogens with zero attached hydrogens (tertiary/aromatic N) is 7. The van der Waals surface area contributed by atoms with Crippen LogP contribution in [-0.4, -0.2) is 104 Å². The molecule has 0 aromatic heterocycles. The zero-order chi connectivity index (χ0) is 23.3. The summed E-state index contributed by atoms with van der Waals surface area (Å²) in [6.45, 7) is 12.5. The average molecular weight is 451 g/mol. The SMILES string of the molecule is CC(C)[N-]C(NC(C)C)N(C)C.C[N-]C.C[N-]C.C[N-]C(=NC(C)C)N(C)C.[Ti]. The Hall–Kier alpha value is -0.216. The number of hydrogen-bond acceptors (Lipinski definition) is 3. The van der Waals surface area contributed by atoms with Gasteiger partial charge in [-0.2, -0.15) is 28.2 Å². The first-order chi connectivity index (χ1) is 12.8. The van der Waals surface area contributed by atoms with Crippen LogP contribution in [0.3, 0.4) is 0 Å². The Balaban J connectivity index is -0.000000102. The van der Waals surface area contributed by atoms with Crippen molar-refractivity contribution in [3.05, 3.63) is 21.3 Å². The van der Waals surface area contributed by atoms with Crippen LogP contribution in [0.25, 0.3) is 21.3 Å². The van der Waals surface area contributed by atoms with Crippen molar-refractivity contribution < 1.29 is 21.7 Å². The van der Waals surface area contributed by atoms with Crippen molar-refractivity contribution in [1.29, 1.82) is 0 Å². The van der Waals surface area contributed by atoms with Gasteiger partial charge in [0.2, 0.25) is 0 Å². The molecule has 0 fully saturated rings. The molecule has 0 saturated carbocycles. The fourth-order valence-electron chi connectivity index (χ4n) is 1.51. The molecule has 0 spiro atoms. The first-order valence-corrected chi connectivity index (χ1v) is 9.77. The summed E-state index contributed by atoms with van der Waals surface area (Å²) in [7, 11) is 16.7. The molecule has 0 amide bonds. The Morgan fingerprint density at radius 1 is 0.793 bits per heavy atom. The minimum absolute atomic E-state index is 0. The zero-order valence-electron chi connectivity index (χ0n) is 21.9. The van der Waals surface area contributed by atoms with Gasteiger partial charge in [0, 0.05) is 33.7 Å². The first kappa shape index (κ1) is 39.3. The predicted octanol–water partition coefficient (Wildman–Crippen LogP) is 4.16.